The average molecular weight is 408 g/mol. The normalized spacial score (nSPS) is 17.9. The van der Waals surface area contributed by atoms with Crippen LogP contribution in [0, 0.1) is 20.8 Å². The molecule has 29 heavy (non-hydrogen) atoms. The van der Waals surface area contributed by atoms with Crippen LogP contribution in [0.3, 0.4) is 0 Å². The van der Waals surface area contributed by atoms with Crippen LogP contribution in [0.15, 0.2) is 59.6 Å². The van der Waals surface area contributed by atoms with Crippen molar-refractivity contribution in [3.05, 3.63) is 77.0 Å². The van der Waals surface area contributed by atoms with Crippen molar-refractivity contribution in [3.63, 3.8) is 0 Å². The molecule has 0 spiro atoms. The van der Waals surface area contributed by atoms with Crippen LogP contribution in [0.25, 0.3) is 0 Å². The van der Waals surface area contributed by atoms with Gasteiger partial charge >= 0.3 is 0 Å². The minimum Gasteiger partial charge on any atom is -0.497 e. The number of anilines is 1. The number of carbonyl (C=O) groups excluding carboxylic acids is 1. The Bertz CT molecular complexity index is 1040. The number of amides is 1. The van der Waals surface area contributed by atoms with Crippen LogP contribution in [0.5, 0.6) is 5.75 Å². The first-order valence-corrected chi connectivity index (χ1v) is 10.5. The Morgan fingerprint density at radius 3 is 2.52 bits per heavy atom. The third kappa shape index (κ3) is 3.85. The lowest BCUT2D eigenvalue weighted by molar-refractivity contribution is -0.116. The van der Waals surface area contributed by atoms with E-state index in [9.17, 15) is 4.79 Å². The fourth-order valence-corrected chi connectivity index (χ4v) is 4.83. The molecule has 5 nitrogen and oxygen atoms in total. The molecule has 1 aliphatic rings. The van der Waals surface area contributed by atoms with E-state index in [-0.39, 0.29) is 17.2 Å². The van der Waals surface area contributed by atoms with Crippen molar-refractivity contribution >= 4 is 23.4 Å². The molecule has 0 saturated carbocycles. The fraction of sp³-hybridized carbons (Fsp3) is 0.261. The minimum absolute atomic E-state index is 0.0135. The van der Waals surface area contributed by atoms with Crippen LogP contribution in [0.1, 0.15) is 28.4 Å². The van der Waals surface area contributed by atoms with Crippen LogP contribution in [-0.4, -0.2) is 22.9 Å². The molecular weight excluding hydrogens is 382 g/mol. The Balaban J connectivity index is 1.66. The summed E-state index contributed by atoms with van der Waals surface area (Å²) in [6.45, 7) is 6.12. The zero-order valence-corrected chi connectivity index (χ0v) is 17.8. The highest BCUT2D eigenvalue weighted by Crippen LogP contribution is 2.39. The van der Waals surface area contributed by atoms with E-state index in [4.69, 9.17) is 4.74 Å². The average Bonchev–Trinajstić information content (AvgIpc) is 3.09. The Kier molecular flexibility index (Phi) is 5.28. The van der Waals surface area contributed by atoms with Gasteiger partial charge in [0.15, 0.2) is 0 Å². The Hall–Kier alpha value is -2.86. The summed E-state index contributed by atoms with van der Waals surface area (Å²) in [7, 11) is 1.65. The van der Waals surface area contributed by atoms with Gasteiger partial charge in [0, 0.05) is 11.4 Å². The molecule has 0 fully saturated rings. The molecule has 3 aromatic rings. The number of hydrogen-bond donors (Lipinski definition) is 2. The molecule has 4 rings (SSSR count). The smallest absolute Gasteiger partial charge is 0.240 e. The maximum Gasteiger partial charge on any atom is 0.240 e. The lowest BCUT2D eigenvalue weighted by Gasteiger charge is -2.34. The van der Waals surface area contributed by atoms with Gasteiger partial charge in [-0.2, -0.15) is 0 Å². The molecule has 0 unspecified atom stereocenters. The van der Waals surface area contributed by atoms with Crippen molar-refractivity contribution in [1.82, 2.24) is 4.68 Å². The quantitative estimate of drug-likeness (QED) is 0.651. The van der Waals surface area contributed by atoms with Gasteiger partial charge in [-0.05, 0) is 62.2 Å². The molecule has 2 N–H and O–H groups in total. The maximum atomic E-state index is 13.3. The number of hydrogen-bond acceptors (Lipinski definition) is 4. The molecule has 0 bridgehead atoms. The van der Waals surface area contributed by atoms with Crippen LogP contribution < -0.4 is 15.5 Å². The second-order valence-corrected chi connectivity index (χ2v) is 8.54. The van der Waals surface area contributed by atoms with E-state index in [1.807, 2.05) is 43.3 Å². The first-order chi connectivity index (χ1) is 14.0. The summed E-state index contributed by atoms with van der Waals surface area (Å²) in [5, 5.41) is 3.85. The van der Waals surface area contributed by atoms with Gasteiger partial charge in [-0.1, -0.05) is 41.6 Å². The van der Waals surface area contributed by atoms with Crippen molar-refractivity contribution in [1.29, 1.82) is 0 Å². The molecule has 0 radical (unpaired) electrons. The van der Waals surface area contributed by atoms with Gasteiger partial charge in [0.1, 0.15) is 11.0 Å². The molecule has 6 heteroatoms. The molecule has 2 heterocycles. The molecule has 0 aliphatic carbocycles. The summed E-state index contributed by atoms with van der Waals surface area (Å²) in [6.07, 6.45) is 0. The molecule has 2 atom stereocenters. The first kappa shape index (κ1) is 19.5. The van der Waals surface area contributed by atoms with Gasteiger partial charge in [0.05, 0.1) is 18.2 Å². The van der Waals surface area contributed by atoms with E-state index in [1.165, 1.54) is 5.56 Å². The van der Waals surface area contributed by atoms with Crippen molar-refractivity contribution in [2.45, 2.75) is 37.1 Å². The van der Waals surface area contributed by atoms with E-state index in [0.717, 1.165) is 33.3 Å². The van der Waals surface area contributed by atoms with Gasteiger partial charge in [0.2, 0.25) is 5.91 Å². The monoisotopic (exact) mass is 407 g/mol. The number of fused-ring (bicyclic) bond motifs is 1. The number of aryl methyl sites for hydroxylation is 3. The number of nitrogens with one attached hydrogen (secondary N) is 2. The Morgan fingerprint density at radius 1 is 1.07 bits per heavy atom. The fourth-order valence-electron chi connectivity index (χ4n) is 3.60. The highest BCUT2D eigenvalue weighted by molar-refractivity contribution is 8.00. The number of rotatable bonds is 4. The SMILES string of the molecule is COc1ccc([C@@H]2Nn3c(C)ccc3S[C@@H]2C(=O)Nc2ccc(C)cc2C)cc1. The van der Waals surface area contributed by atoms with E-state index in [2.05, 4.69) is 47.5 Å². The van der Waals surface area contributed by atoms with Crippen LogP contribution in [-0.2, 0) is 4.79 Å². The zero-order valence-electron chi connectivity index (χ0n) is 17.0. The maximum absolute atomic E-state index is 13.3. The van der Waals surface area contributed by atoms with E-state index < -0.39 is 0 Å². The molecule has 150 valence electrons. The summed E-state index contributed by atoms with van der Waals surface area (Å²) in [4.78, 5) is 13.3. The van der Waals surface area contributed by atoms with Crippen molar-refractivity contribution in [2.75, 3.05) is 17.9 Å². The third-order valence-corrected chi connectivity index (χ3v) is 6.53. The molecule has 1 aromatic heterocycles. The van der Waals surface area contributed by atoms with Gasteiger partial charge < -0.3 is 15.5 Å². The molecular formula is C23H25N3O2S. The number of benzene rings is 2. The molecule has 2 aromatic carbocycles. The second-order valence-electron chi connectivity index (χ2n) is 7.37. The van der Waals surface area contributed by atoms with Crippen LogP contribution in [0.4, 0.5) is 5.69 Å². The first-order valence-electron chi connectivity index (χ1n) is 9.60. The van der Waals surface area contributed by atoms with Crippen LogP contribution in [0.2, 0.25) is 0 Å². The number of methoxy groups -OCH3 is 1. The highest BCUT2D eigenvalue weighted by atomic mass is 32.2. The van der Waals surface area contributed by atoms with Gasteiger partial charge in [-0.3, -0.25) is 9.47 Å². The predicted octanol–water partition coefficient (Wildman–Crippen LogP) is 4.82. The number of carbonyl (C=O) groups is 1. The number of aromatic nitrogens is 1. The Labute approximate surface area is 175 Å². The van der Waals surface area contributed by atoms with Gasteiger partial charge in [-0.15, -0.1) is 0 Å². The van der Waals surface area contributed by atoms with E-state index in [1.54, 1.807) is 18.9 Å². The van der Waals surface area contributed by atoms with E-state index in [0.29, 0.717) is 0 Å². The zero-order chi connectivity index (χ0) is 20.5. The number of ether oxygens (including phenoxy) is 1. The topological polar surface area (TPSA) is 55.3 Å². The van der Waals surface area contributed by atoms with Gasteiger partial charge in [-0.25, -0.2) is 0 Å². The summed E-state index contributed by atoms with van der Waals surface area (Å²) < 4.78 is 7.34. The minimum atomic E-state index is -0.314. The predicted molar refractivity (Wildman–Crippen MR) is 118 cm³/mol. The van der Waals surface area contributed by atoms with Crippen molar-refractivity contribution in [3.8, 4) is 5.75 Å². The largest absolute Gasteiger partial charge is 0.497 e. The van der Waals surface area contributed by atoms with Gasteiger partial charge in [0.25, 0.3) is 0 Å². The summed E-state index contributed by atoms with van der Waals surface area (Å²) in [5.74, 6) is 0.784. The lowest BCUT2D eigenvalue weighted by atomic mass is 10.0. The number of nitrogens with zero attached hydrogens (tertiary/aromatic N) is 1. The number of thioether (sulfide) groups is 1. The lowest BCUT2D eigenvalue weighted by Crippen LogP contribution is -2.41. The molecule has 1 aliphatic heterocycles. The standard InChI is InChI=1S/C23H25N3O2S/c1-14-5-11-19(15(2)13-14)24-23(27)22-21(17-7-9-18(28-4)10-8-17)25-26-16(3)6-12-20(26)29-22/h5-13,21-22,25H,1-4H3,(H,24,27)/t21-,22-/m0/s1. The van der Waals surface area contributed by atoms with Crippen molar-refractivity contribution in [2.24, 2.45) is 0 Å². The third-order valence-electron chi connectivity index (χ3n) is 5.23. The highest BCUT2D eigenvalue weighted by Gasteiger charge is 2.36. The van der Waals surface area contributed by atoms with Crippen molar-refractivity contribution < 1.29 is 9.53 Å². The second kappa shape index (κ2) is 7.87. The summed E-state index contributed by atoms with van der Waals surface area (Å²) in [5.41, 5.74) is 8.78. The van der Waals surface area contributed by atoms with E-state index >= 15 is 0 Å². The molecule has 1 amide bonds. The van der Waals surface area contributed by atoms with Crippen LogP contribution >= 0.6 is 11.8 Å². The summed E-state index contributed by atoms with van der Waals surface area (Å²) in [6, 6.07) is 17.9. The Morgan fingerprint density at radius 2 is 1.83 bits per heavy atom. The molecule has 0 saturated heterocycles. The summed E-state index contributed by atoms with van der Waals surface area (Å²) >= 11 is 1.58.